The summed E-state index contributed by atoms with van der Waals surface area (Å²) < 4.78 is 10.7. The molecule has 0 amide bonds. The van der Waals surface area contributed by atoms with Gasteiger partial charge in [-0.25, -0.2) is 0 Å². The zero-order chi connectivity index (χ0) is 14.4. The van der Waals surface area contributed by atoms with Crippen molar-refractivity contribution in [3.63, 3.8) is 0 Å². The van der Waals surface area contributed by atoms with Gasteiger partial charge >= 0.3 is 0 Å². The first kappa shape index (κ1) is 14.5. The number of benzene rings is 1. The van der Waals surface area contributed by atoms with Gasteiger partial charge < -0.3 is 14.2 Å². The second kappa shape index (κ2) is 7.05. The van der Waals surface area contributed by atoms with Crippen molar-refractivity contribution < 1.29 is 9.26 Å². The number of likely N-dealkylation sites (N-methyl/N-ethyl adjacent to an activating group) is 1. The molecular formula is C15H21N3O2. The maximum absolute atomic E-state index is 5.73. The fourth-order valence-corrected chi connectivity index (χ4v) is 1.95. The topological polar surface area (TPSA) is 51.4 Å². The molecule has 20 heavy (non-hydrogen) atoms. The van der Waals surface area contributed by atoms with Crippen molar-refractivity contribution in [3.05, 3.63) is 30.2 Å². The Kier molecular flexibility index (Phi) is 5.12. The summed E-state index contributed by atoms with van der Waals surface area (Å²) in [6.07, 6.45) is 0. The molecule has 0 aliphatic carbocycles. The van der Waals surface area contributed by atoms with Crippen molar-refractivity contribution in [3.8, 4) is 17.1 Å². The molecule has 0 atom stereocenters. The van der Waals surface area contributed by atoms with Gasteiger partial charge in [0.25, 0.3) is 0 Å². The van der Waals surface area contributed by atoms with E-state index in [-0.39, 0.29) is 0 Å². The monoisotopic (exact) mass is 275 g/mol. The van der Waals surface area contributed by atoms with Crippen molar-refractivity contribution in [1.29, 1.82) is 0 Å². The molecular weight excluding hydrogens is 254 g/mol. The quantitative estimate of drug-likeness (QED) is 0.777. The molecule has 0 aliphatic rings. The van der Waals surface area contributed by atoms with E-state index in [1.54, 1.807) is 6.92 Å². The first-order valence-corrected chi connectivity index (χ1v) is 6.98. The lowest BCUT2D eigenvalue weighted by molar-refractivity contribution is 0.223. The average molecular weight is 275 g/mol. The van der Waals surface area contributed by atoms with Gasteiger partial charge in [-0.2, -0.15) is 4.98 Å². The van der Waals surface area contributed by atoms with Crippen LogP contribution in [0.4, 0.5) is 0 Å². The minimum Gasteiger partial charge on any atom is -0.492 e. The molecule has 0 unspecified atom stereocenters. The van der Waals surface area contributed by atoms with E-state index < -0.39 is 0 Å². The molecule has 0 saturated carbocycles. The first-order valence-electron chi connectivity index (χ1n) is 6.98. The number of hydrogen-bond donors (Lipinski definition) is 0. The fourth-order valence-electron chi connectivity index (χ4n) is 1.95. The van der Waals surface area contributed by atoms with Gasteiger partial charge in [-0.05, 0) is 37.4 Å². The van der Waals surface area contributed by atoms with Crippen LogP contribution in [0.1, 0.15) is 19.7 Å². The molecule has 5 nitrogen and oxygen atoms in total. The largest absolute Gasteiger partial charge is 0.492 e. The number of hydrogen-bond acceptors (Lipinski definition) is 5. The minimum absolute atomic E-state index is 0.569. The van der Waals surface area contributed by atoms with Gasteiger partial charge in [0.1, 0.15) is 12.4 Å². The van der Waals surface area contributed by atoms with Gasteiger partial charge in [0.2, 0.25) is 11.7 Å². The highest BCUT2D eigenvalue weighted by Gasteiger charge is 2.05. The molecule has 2 rings (SSSR count). The van der Waals surface area contributed by atoms with Crippen LogP contribution in [0.3, 0.4) is 0 Å². The van der Waals surface area contributed by atoms with Crippen molar-refractivity contribution >= 4 is 0 Å². The summed E-state index contributed by atoms with van der Waals surface area (Å²) in [6, 6.07) is 7.75. The Balaban J connectivity index is 1.88. The fraction of sp³-hybridized carbons (Fsp3) is 0.467. The van der Waals surface area contributed by atoms with Crippen LogP contribution >= 0.6 is 0 Å². The maximum Gasteiger partial charge on any atom is 0.223 e. The van der Waals surface area contributed by atoms with Crippen LogP contribution in [0.5, 0.6) is 5.75 Å². The zero-order valence-electron chi connectivity index (χ0n) is 12.3. The van der Waals surface area contributed by atoms with Gasteiger partial charge in [0, 0.05) is 19.0 Å². The Labute approximate surface area is 119 Å². The van der Waals surface area contributed by atoms with Crippen molar-refractivity contribution in [2.45, 2.75) is 20.8 Å². The van der Waals surface area contributed by atoms with Gasteiger partial charge in [0.05, 0.1) is 0 Å². The van der Waals surface area contributed by atoms with Crippen LogP contribution in [0.2, 0.25) is 0 Å². The van der Waals surface area contributed by atoms with Crippen LogP contribution in [-0.2, 0) is 0 Å². The highest BCUT2D eigenvalue weighted by molar-refractivity contribution is 5.55. The zero-order valence-corrected chi connectivity index (χ0v) is 12.3. The third-order valence-electron chi connectivity index (χ3n) is 3.21. The van der Waals surface area contributed by atoms with Crippen LogP contribution in [0, 0.1) is 6.92 Å². The Hall–Kier alpha value is -1.88. The first-order chi connectivity index (χ1) is 9.72. The summed E-state index contributed by atoms with van der Waals surface area (Å²) in [5.74, 6) is 2.04. The molecule has 1 aromatic carbocycles. The number of aryl methyl sites for hydroxylation is 1. The molecule has 108 valence electrons. The smallest absolute Gasteiger partial charge is 0.223 e. The van der Waals surface area contributed by atoms with Crippen molar-refractivity contribution in [1.82, 2.24) is 15.0 Å². The Morgan fingerprint density at radius 2 is 1.85 bits per heavy atom. The average Bonchev–Trinajstić information content (AvgIpc) is 2.91. The molecule has 2 aromatic rings. The molecule has 5 heteroatoms. The van der Waals surface area contributed by atoms with Gasteiger partial charge in [-0.15, -0.1) is 0 Å². The SMILES string of the molecule is CCN(CC)CCOc1ccc(-c2noc(C)n2)cc1. The van der Waals surface area contributed by atoms with Gasteiger partial charge in [-0.3, -0.25) is 0 Å². The van der Waals surface area contributed by atoms with Crippen LogP contribution in [0.25, 0.3) is 11.4 Å². The van der Waals surface area contributed by atoms with Crippen LogP contribution in [-0.4, -0.2) is 41.3 Å². The molecule has 0 saturated heterocycles. The predicted molar refractivity (Wildman–Crippen MR) is 77.8 cm³/mol. The summed E-state index contributed by atoms with van der Waals surface area (Å²) in [7, 11) is 0. The summed E-state index contributed by atoms with van der Waals surface area (Å²) in [4.78, 5) is 6.52. The Morgan fingerprint density at radius 3 is 2.40 bits per heavy atom. The molecule has 0 bridgehead atoms. The molecule has 0 radical (unpaired) electrons. The lowest BCUT2D eigenvalue weighted by Crippen LogP contribution is -2.27. The maximum atomic E-state index is 5.73. The standard InChI is InChI=1S/C15H21N3O2/c1-4-18(5-2)10-11-19-14-8-6-13(7-9-14)15-16-12(3)20-17-15/h6-9H,4-5,10-11H2,1-3H3. The number of nitrogens with zero attached hydrogens (tertiary/aromatic N) is 3. The van der Waals surface area contributed by atoms with Crippen LogP contribution < -0.4 is 4.74 Å². The second-order valence-corrected chi connectivity index (χ2v) is 4.54. The van der Waals surface area contributed by atoms with E-state index in [0.29, 0.717) is 18.3 Å². The highest BCUT2D eigenvalue weighted by Crippen LogP contribution is 2.19. The van der Waals surface area contributed by atoms with Crippen LogP contribution in [0.15, 0.2) is 28.8 Å². The van der Waals surface area contributed by atoms with E-state index in [2.05, 4.69) is 28.9 Å². The summed E-state index contributed by atoms with van der Waals surface area (Å²) in [6.45, 7) is 9.84. The van der Waals surface area contributed by atoms with Crippen molar-refractivity contribution in [2.75, 3.05) is 26.2 Å². The van der Waals surface area contributed by atoms with E-state index in [4.69, 9.17) is 9.26 Å². The summed E-state index contributed by atoms with van der Waals surface area (Å²) in [5.41, 5.74) is 0.929. The van der Waals surface area contributed by atoms with Gasteiger partial charge in [-0.1, -0.05) is 19.0 Å². The number of aromatic nitrogens is 2. The van der Waals surface area contributed by atoms with E-state index >= 15 is 0 Å². The van der Waals surface area contributed by atoms with E-state index in [0.717, 1.165) is 30.9 Å². The summed E-state index contributed by atoms with van der Waals surface area (Å²) in [5, 5.41) is 3.89. The highest BCUT2D eigenvalue weighted by atomic mass is 16.5. The van der Waals surface area contributed by atoms with E-state index in [9.17, 15) is 0 Å². The Morgan fingerprint density at radius 1 is 1.15 bits per heavy atom. The summed E-state index contributed by atoms with van der Waals surface area (Å²) >= 11 is 0. The lowest BCUT2D eigenvalue weighted by atomic mass is 10.2. The number of ether oxygens (including phenoxy) is 1. The minimum atomic E-state index is 0.569. The van der Waals surface area contributed by atoms with Crippen molar-refractivity contribution in [2.24, 2.45) is 0 Å². The van der Waals surface area contributed by atoms with E-state index in [1.807, 2.05) is 24.3 Å². The van der Waals surface area contributed by atoms with E-state index in [1.165, 1.54) is 0 Å². The molecule has 0 spiro atoms. The lowest BCUT2D eigenvalue weighted by Gasteiger charge is -2.17. The normalized spacial score (nSPS) is 11.0. The molecule has 1 aromatic heterocycles. The molecule has 0 aliphatic heterocycles. The molecule has 1 heterocycles. The second-order valence-electron chi connectivity index (χ2n) is 4.54. The third kappa shape index (κ3) is 3.81. The Bertz CT molecular complexity index is 518. The third-order valence-corrected chi connectivity index (χ3v) is 3.21. The van der Waals surface area contributed by atoms with Gasteiger partial charge in [0.15, 0.2) is 0 Å². The number of rotatable bonds is 7. The predicted octanol–water partition coefficient (Wildman–Crippen LogP) is 2.77. The molecule has 0 N–H and O–H groups in total. The molecule has 0 fully saturated rings.